The molecule has 78 valence electrons. The number of halogens is 3. The van der Waals surface area contributed by atoms with Gasteiger partial charge in [-0.25, -0.2) is 0 Å². The summed E-state index contributed by atoms with van der Waals surface area (Å²) < 4.78 is 35.9. The van der Waals surface area contributed by atoms with Gasteiger partial charge in [0.2, 0.25) is 5.91 Å². The van der Waals surface area contributed by atoms with Crippen LogP contribution in [0.25, 0.3) is 0 Å². The minimum absolute atomic E-state index is 0.531. The van der Waals surface area contributed by atoms with E-state index in [0.29, 0.717) is 0 Å². The number of amides is 1. The molecule has 0 rings (SSSR count). The van der Waals surface area contributed by atoms with Crippen LogP contribution < -0.4 is 5.32 Å². The lowest BCUT2D eigenvalue weighted by Gasteiger charge is -2.20. The Morgan fingerprint density at radius 2 is 1.92 bits per heavy atom. The lowest BCUT2D eigenvalue weighted by molar-refractivity contribution is -0.169. The summed E-state index contributed by atoms with van der Waals surface area (Å²) >= 11 is 0. The van der Waals surface area contributed by atoms with Crippen molar-refractivity contribution in [2.45, 2.75) is 26.1 Å². The molecule has 0 bridgehead atoms. The van der Waals surface area contributed by atoms with Crippen LogP contribution in [0.15, 0.2) is 0 Å². The van der Waals surface area contributed by atoms with Crippen molar-refractivity contribution in [2.75, 3.05) is 6.61 Å². The maximum atomic E-state index is 12.0. The van der Waals surface area contributed by atoms with Crippen molar-refractivity contribution in [2.24, 2.45) is 5.92 Å². The second kappa shape index (κ2) is 4.45. The highest BCUT2D eigenvalue weighted by molar-refractivity contribution is 5.78. The molecule has 0 aromatic heterocycles. The molecular weight excluding hydrogens is 187 g/mol. The summed E-state index contributed by atoms with van der Waals surface area (Å²) in [5.74, 6) is -1.26. The standard InChI is InChI=1S/C7H12F3NO2/c1-4(2)6(13)11-5(3-12)7(8,9)10/h4-5,12H,3H2,1-2H3,(H,11,13). The van der Waals surface area contributed by atoms with Gasteiger partial charge in [0.05, 0.1) is 6.61 Å². The van der Waals surface area contributed by atoms with Crippen molar-refractivity contribution >= 4 is 5.91 Å². The van der Waals surface area contributed by atoms with Crippen molar-refractivity contribution in [3.8, 4) is 0 Å². The highest BCUT2D eigenvalue weighted by atomic mass is 19.4. The summed E-state index contributed by atoms with van der Waals surface area (Å²) in [5, 5.41) is 10.0. The molecule has 2 N–H and O–H groups in total. The highest BCUT2D eigenvalue weighted by Gasteiger charge is 2.40. The second-order valence-corrected chi connectivity index (χ2v) is 2.94. The molecular formula is C7H12F3NO2. The zero-order chi connectivity index (χ0) is 10.6. The maximum absolute atomic E-state index is 12.0. The Bertz CT molecular complexity index is 179. The molecule has 0 aromatic carbocycles. The van der Waals surface area contributed by atoms with Crippen LogP contribution >= 0.6 is 0 Å². The topological polar surface area (TPSA) is 49.3 Å². The zero-order valence-corrected chi connectivity index (χ0v) is 7.35. The molecule has 3 nitrogen and oxygen atoms in total. The smallest absolute Gasteiger partial charge is 0.394 e. The van der Waals surface area contributed by atoms with Crippen LogP contribution in [0.5, 0.6) is 0 Å². The number of nitrogens with one attached hydrogen (secondary N) is 1. The Balaban J connectivity index is 4.22. The van der Waals surface area contributed by atoms with Crippen LogP contribution in [-0.4, -0.2) is 29.8 Å². The van der Waals surface area contributed by atoms with E-state index in [-0.39, 0.29) is 0 Å². The van der Waals surface area contributed by atoms with E-state index in [1.165, 1.54) is 13.8 Å². The summed E-state index contributed by atoms with van der Waals surface area (Å²) in [6.07, 6.45) is -4.60. The molecule has 1 atom stereocenters. The number of hydrogen-bond acceptors (Lipinski definition) is 2. The summed E-state index contributed by atoms with van der Waals surface area (Å²) in [6.45, 7) is 1.81. The fourth-order valence-electron chi connectivity index (χ4n) is 0.569. The second-order valence-electron chi connectivity index (χ2n) is 2.94. The van der Waals surface area contributed by atoms with Gasteiger partial charge in [-0.15, -0.1) is 0 Å². The van der Waals surface area contributed by atoms with Gasteiger partial charge < -0.3 is 10.4 Å². The third kappa shape index (κ3) is 4.12. The first-order chi connectivity index (χ1) is 5.79. The van der Waals surface area contributed by atoms with Crippen LogP contribution in [0.3, 0.4) is 0 Å². The molecule has 0 aliphatic rings. The molecule has 1 unspecified atom stereocenters. The molecule has 0 saturated carbocycles. The number of carbonyl (C=O) groups excluding carboxylic acids is 1. The molecule has 0 heterocycles. The minimum Gasteiger partial charge on any atom is -0.394 e. The zero-order valence-electron chi connectivity index (χ0n) is 7.35. The predicted molar refractivity (Wildman–Crippen MR) is 39.9 cm³/mol. The first-order valence-corrected chi connectivity index (χ1v) is 3.77. The summed E-state index contributed by atoms with van der Waals surface area (Å²) in [4.78, 5) is 10.8. The molecule has 0 aromatic rings. The van der Waals surface area contributed by atoms with E-state index < -0.39 is 30.7 Å². The molecule has 0 aliphatic heterocycles. The van der Waals surface area contributed by atoms with Gasteiger partial charge in [0.25, 0.3) is 0 Å². The molecule has 0 spiro atoms. The van der Waals surface area contributed by atoms with Crippen molar-refractivity contribution < 1.29 is 23.1 Å². The minimum atomic E-state index is -4.60. The Morgan fingerprint density at radius 3 is 2.15 bits per heavy atom. The van der Waals surface area contributed by atoms with Crippen molar-refractivity contribution in [3.63, 3.8) is 0 Å². The Hall–Kier alpha value is -0.780. The molecule has 6 heteroatoms. The van der Waals surface area contributed by atoms with Crippen LogP contribution in [0, 0.1) is 5.92 Å². The van der Waals surface area contributed by atoms with E-state index in [1.54, 1.807) is 5.32 Å². The Kier molecular flexibility index (Phi) is 4.19. The average Bonchev–Trinajstić information content (AvgIpc) is 1.96. The van der Waals surface area contributed by atoms with Crippen LogP contribution in [0.1, 0.15) is 13.8 Å². The van der Waals surface area contributed by atoms with Gasteiger partial charge in [0, 0.05) is 5.92 Å². The molecule has 0 radical (unpaired) electrons. The van der Waals surface area contributed by atoms with Gasteiger partial charge in [0.15, 0.2) is 0 Å². The summed E-state index contributed by atoms with van der Waals surface area (Å²) in [6, 6.07) is -2.16. The molecule has 0 fully saturated rings. The first kappa shape index (κ1) is 12.2. The van der Waals surface area contributed by atoms with Crippen LogP contribution in [-0.2, 0) is 4.79 Å². The number of carbonyl (C=O) groups is 1. The average molecular weight is 199 g/mol. The Morgan fingerprint density at radius 1 is 1.46 bits per heavy atom. The van der Waals surface area contributed by atoms with Crippen molar-refractivity contribution in [3.05, 3.63) is 0 Å². The summed E-state index contributed by atoms with van der Waals surface area (Å²) in [5.41, 5.74) is 0. The fourth-order valence-corrected chi connectivity index (χ4v) is 0.569. The number of hydrogen-bond donors (Lipinski definition) is 2. The number of rotatable bonds is 3. The normalized spacial score (nSPS) is 14.4. The quantitative estimate of drug-likeness (QED) is 0.702. The fraction of sp³-hybridized carbons (Fsp3) is 0.857. The van der Waals surface area contributed by atoms with Gasteiger partial charge in [-0.2, -0.15) is 13.2 Å². The van der Waals surface area contributed by atoms with Crippen molar-refractivity contribution in [1.29, 1.82) is 0 Å². The van der Waals surface area contributed by atoms with Gasteiger partial charge >= 0.3 is 6.18 Å². The van der Waals surface area contributed by atoms with E-state index in [0.717, 1.165) is 0 Å². The lowest BCUT2D eigenvalue weighted by Crippen LogP contribution is -2.49. The SMILES string of the molecule is CC(C)C(=O)NC(CO)C(F)(F)F. The van der Waals surface area contributed by atoms with Crippen LogP contribution in [0.2, 0.25) is 0 Å². The van der Waals surface area contributed by atoms with E-state index in [4.69, 9.17) is 5.11 Å². The number of alkyl halides is 3. The van der Waals surface area contributed by atoms with E-state index in [2.05, 4.69) is 0 Å². The maximum Gasteiger partial charge on any atom is 0.410 e. The van der Waals surface area contributed by atoms with E-state index in [1.807, 2.05) is 0 Å². The molecule has 13 heavy (non-hydrogen) atoms. The van der Waals surface area contributed by atoms with Gasteiger partial charge in [-0.3, -0.25) is 4.79 Å². The number of aliphatic hydroxyl groups is 1. The Labute approximate surface area is 73.9 Å². The van der Waals surface area contributed by atoms with Gasteiger partial charge in [-0.05, 0) is 0 Å². The number of aliphatic hydroxyl groups excluding tert-OH is 1. The van der Waals surface area contributed by atoms with E-state index >= 15 is 0 Å². The highest BCUT2D eigenvalue weighted by Crippen LogP contribution is 2.19. The monoisotopic (exact) mass is 199 g/mol. The predicted octanol–water partition coefficient (Wildman–Crippen LogP) is 0.682. The van der Waals surface area contributed by atoms with Crippen LogP contribution in [0.4, 0.5) is 13.2 Å². The van der Waals surface area contributed by atoms with Gasteiger partial charge in [0.1, 0.15) is 6.04 Å². The largest absolute Gasteiger partial charge is 0.410 e. The lowest BCUT2D eigenvalue weighted by atomic mass is 10.2. The molecule has 0 aliphatic carbocycles. The third-order valence-electron chi connectivity index (χ3n) is 1.42. The molecule has 1 amide bonds. The van der Waals surface area contributed by atoms with Crippen molar-refractivity contribution in [1.82, 2.24) is 5.32 Å². The van der Waals surface area contributed by atoms with E-state index in [9.17, 15) is 18.0 Å². The summed E-state index contributed by atoms with van der Waals surface area (Å²) in [7, 11) is 0. The third-order valence-corrected chi connectivity index (χ3v) is 1.42. The molecule has 0 saturated heterocycles. The van der Waals surface area contributed by atoms with Gasteiger partial charge in [-0.1, -0.05) is 13.8 Å². The first-order valence-electron chi connectivity index (χ1n) is 3.77.